The molecule has 2 aliphatic rings. The van der Waals surface area contributed by atoms with Crippen molar-refractivity contribution in [3.8, 4) is 11.5 Å². The minimum atomic E-state index is 0.171. The predicted octanol–water partition coefficient (Wildman–Crippen LogP) is 3.52. The third kappa shape index (κ3) is 1.68. The molecule has 0 saturated heterocycles. The number of allylic oxidation sites excluding steroid dienone is 1. The van der Waals surface area contributed by atoms with Crippen LogP contribution in [0.15, 0.2) is 42.5 Å². The number of benzene rings is 2. The first-order chi connectivity index (χ1) is 9.29. The Morgan fingerprint density at radius 2 is 1.74 bits per heavy atom. The lowest BCUT2D eigenvalue weighted by atomic mass is 9.91. The molecule has 0 aromatic heterocycles. The zero-order valence-electron chi connectivity index (χ0n) is 10.3. The molecule has 92 valence electrons. The molecular formula is C17H12O2. The van der Waals surface area contributed by atoms with Crippen LogP contribution in [0, 0.1) is 0 Å². The van der Waals surface area contributed by atoms with E-state index in [0.717, 1.165) is 29.0 Å². The summed E-state index contributed by atoms with van der Waals surface area (Å²) in [5.41, 5.74) is 4.57. The van der Waals surface area contributed by atoms with Crippen LogP contribution in [0.25, 0.3) is 6.08 Å². The van der Waals surface area contributed by atoms with Crippen LogP contribution < -0.4 is 4.74 Å². The summed E-state index contributed by atoms with van der Waals surface area (Å²) in [6, 6.07) is 12.3. The van der Waals surface area contributed by atoms with E-state index in [2.05, 4.69) is 12.1 Å². The topological polar surface area (TPSA) is 26.3 Å². The summed E-state index contributed by atoms with van der Waals surface area (Å²) in [6.07, 6.45) is 4.90. The lowest BCUT2D eigenvalue weighted by Crippen LogP contribution is -2.09. The van der Waals surface area contributed by atoms with E-state index in [0.29, 0.717) is 6.42 Å². The van der Waals surface area contributed by atoms with Gasteiger partial charge in [0.1, 0.15) is 11.5 Å². The molecule has 0 bridgehead atoms. The Labute approximate surface area is 111 Å². The highest BCUT2D eigenvalue weighted by molar-refractivity contribution is 5.98. The molecule has 0 fully saturated rings. The molecule has 2 aromatic carbocycles. The summed E-state index contributed by atoms with van der Waals surface area (Å²) in [4.78, 5) is 11.5. The van der Waals surface area contributed by atoms with E-state index >= 15 is 0 Å². The van der Waals surface area contributed by atoms with E-state index in [-0.39, 0.29) is 5.78 Å². The maximum absolute atomic E-state index is 11.5. The number of carbonyl (C=O) groups excluding carboxylic acids is 1. The molecule has 0 amide bonds. The average Bonchev–Trinajstić information content (AvgIpc) is 2.43. The standard InChI is InChI=1S/C17H12O2/c18-15-6-5-11-10-17-14(8-13(11)9-15)7-12-3-1-2-4-16(12)19-17/h1-6,8,10H,7,9H2. The first-order valence-electron chi connectivity index (χ1n) is 6.42. The van der Waals surface area contributed by atoms with Gasteiger partial charge in [0.25, 0.3) is 0 Å². The highest BCUT2D eigenvalue weighted by atomic mass is 16.5. The number of fused-ring (bicyclic) bond motifs is 3. The fraction of sp³-hybridized carbons (Fsp3) is 0.118. The van der Waals surface area contributed by atoms with E-state index in [9.17, 15) is 4.79 Å². The quantitative estimate of drug-likeness (QED) is 0.608. The zero-order chi connectivity index (χ0) is 12.8. The highest BCUT2D eigenvalue weighted by Crippen LogP contribution is 2.38. The van der Waals surface area contributed by atoms with Gasteiger partial charge in [0.2, 0.25) is 0 Å². The van der Waals surface area contributed by atoms with Crippen LogP contribution in [0.3, 0.4) is 0 Å². The number of hydrogen-bond donors (Lipinski definition) is 0. The first-order valence-corrected chi connectivity index (χ1v) is 6.42. The van der Waals surface area contributed by atoms with Gasteiger partial charge in [-0.25, -0.2) is 0 Å². The monoisotopic (exact) mass is 248 g/mol. The van der Waals surface area contributed by atoms with E-state index in [1.807, 2.05) is 30.3 Å². The summed E-state index contributed by atoms with van der Waals surface area (Å²) < 4.78 is 5.95. The van der Waals surface area contributed by atoms with Gasteiger partial charge in [-0.1, -0.05) is 30.3 Å². The number of para-hydroxylation sites is 1. The van der Waals surface area contributed by atoms with Crippen LogP contribution in [0.1, 0.15) is 22.3 Å². The smallest absolute Gasteiger partial charge is 0.160 e. The lowest BCUT2D eigenvalue weighted by Gasteiger charge is -2.22. The van der Waals surface area contributed by atoms with Gasteiger partial charge in [0.15, 0.2) is 5.78 Å². The van der Waals surface area contributed by atoms with Crippen LogP contribution in [0.4, 0.5) is 0 Å². The Kier molecular flexibility index (Phi) is 2.12. The van der Waals surface area contributed by atoms with Gasteiger partial charge in [0.05, 0.1) is 0 Å². The van der Waals surface area contributed by atoms with Gasteiger partial charge in [-0.2, -0.15) is 0 Å². The molecule has 1 heterocycles. The molecule has 1 aliphatic carbocycles. The van der Waals surface area contributed by atoms with Gasteiger partial charge >= 0.3 is 0 Å². The molecule has 0 spiro atoms. The van der Waals surface area contributed by atoms with Gasteiger partial charge in [-0.15, -0.1) is 0 Å². The molecule has 2 nitrogen and oxygen atoms in total. The van der Waals surface area contributed by atoms with Crippen molar-refractivity contribution in [2.75, 3.05) is 0 Å². The molecule has 0 unspecified atom stereocenters. The summed E-state index contributed by atoms with van der Waals surface area (Å²) in [6.45, 7) is 0. The average molecular weight is 248 g/mol. The summed E-state index contributed by atoms with van der Waals surface area (Å²) in [5, 5.41) is 0. The summed E-state index contributed by atoms with van der Waals surface area (Å²) in [5.74, 6) is 2.02. The number of hydrogen-bond acceptors (Lipinski definition) is 2. The second-order valence-electron chi connectivity index (χ2n) is 5.02. The molecule has 0 radical (unpaired) electrons. The number of ether oxygens (including phenoxy) is 1. The fourth-order valence-corrected chi connectivity index (χ4v) is 2.74. The van der Waals surface area contributed by atoms with E-state index in [1.54, 1.807) is 6.08 Å². The Hall–Kier alpha value is -2.35. The van der Waals surface area contributed by atoms with Crippen molar-refractivity contribution >= 4 is 11.9 Å². The van der Waals surface area contributed by atoms with Gasteiger partial charge < -0.3 is 4.74 Å². The molecule has 1 aliphatic heterocycles. The van der Waals surface area contributed by atoms with Crippen molar-refractivity contribution in [2.24, 2.45) is 0 Å². The van der Waals surface area contributed by atoms with E-state index in [4.69, 9.17) is 4.74 Å². The molecule has 2 heteroatoms. The van der Waals surface area contributed by atoms with Crippen molar-refractivity contribution in [3.05, 3.63) is 64.7 Å². The van der Waals surface area contributed by atoms with Crippen LogP contribution >= 0.6 is 0 Å². The Morgan fingerprint density at radius 1 is 0.842 bits per heavy atom. The third-order valence-electron chi connectivity index (χ3n) is 3.71. The van der Waals surface area contributed by atoms with Crippen LogP contribution in [0.2, 0.25) is 0 Å². The SMILES string of the molecule is O=C1C=Cc2cc3c(cc2C1)Cc1ccccc1O3. The van der Waals surface area contributed by atoms with Gasteiger partial charge in [0, 0.05) is 12.8 Å². The Bertz CT molecular complexity index is 726. The summed E-state index contributed by atoms with van der Waals surface area (Å²) >= 11 is 0. The van der Waals surface area contributed by atoms with Gasteiger partial charge in [-0.3, -0.25) is 4.79 Å². The highest BCUT2D eigenvalue weighted by Gasteiger charge is 2.20. The number of ketones is 1. The van der Waals surface area contributed by atoms with E-state index < -0.39 is 0 Å². The molecule has 19 heavy (non-hydrogen) atoms. The first kappa shape index (κ1) is 10.6. The van der Waals surface area contributed by atoms with Crippen molar-refractivity contribution < 1.29 is 9.53 Å². The summed E-state index contributed by atoms with van der Waals surface area (Å²) in [7, 11) is 0. The minimum absolute atomic E-state index is 0.171. The second-order valence-corrected chi connectivity index (χ2v) is 5.02. The fourth-order valence-electron chi connectivity index (χ4n) is 2.74. The van der Waals surface area contributed by atoms with E-state index in [1.165, 1.54) is 11.1 Å². The van der Waals surface area contributed by atoms with Crippen LogP contribution in [-0.2, 0) is 17.6 Å². The van der Waals surface area contributed by atoms with Crippen LogP contribution in [-0.4, -0.2) is 5.78 Å². The Balaban J connectivity index is 1.83. The molecule has 2 aromatic rings. The molecule has 0 N–H and O–H groups in total. The normalized spacial score (nSPS) is 15.3. The largest absolute Gasteiger partial charge is 0.457 e. The van der Waals surface area contributed by atoms with Crippen molar-refractivity contribution in [2.45, 2.75) is 12.8 Å². The lowest BCUT2D eigenvalue weighted by molar-refractivity contribution is -0.114. The maximum Gasteiger partial charge on any atom is 0.160 e. The number of carbonyl (C=O) groups is 1. The number of rotatable bonds is 0. The maximum atomic E-state index is 11.5. The molecule has 4 rings (SSSR count). The van der Waals surface area contributed by atoms with Crippen LogP contribution in [0.5, 0.6) is 11.5 Å². The minimum Gasteiger partial charge on any atom is -0.457 e. The molecular weight excluding hydrogens is 236 g/mol. The van der Waals surface area contributed by atoms with Crippen molar-refractivity contribution in [3.63, 3.8) is 0 Å². The van der Waals surface area contributed by atoms with Gasteiger partial charge in [-0.05, 0) is 40.5 Å². The molecule has 0 saturated carbocycles. The van der Waals surface area contributed by atoms with Crippen molar-refractivity contribution in [1.82, 2.24) is 0 Å². The molecule has 0 atom stereocenters. The second kappa shape index (κ2) is 3.82. The predicted molar refractivity (Wildman–Crippen MR) is 73.5 cm³/mol. The zero-order valence-corrected chi connectivity index (χ0v) is 10.3. The Morgan fingerprint density at radius 3 is 2.68 bits per heavy atom. The third-order valence-corrected chi connectivity index (χ3v) is 3.71. The van der Waals surface area contributed by atoms with Crippen molar-refractivity contribution in [1.29, 1.82) is 0 Å².